The van der Waals surface area contributed by atoms with Crippen molar-refractivity contribution in [3.05, 3.63) is 126 Å². The predicted molar refractivity (Wildman–Crippen MR) is 301 cm³/mol. The molecule has 0 aliphatic carbocycles. The molecule has 0 radical (unpaired) electrons. The smallest absolute Gasteiger partial charge is 0.341 e. The SMILES string of the molecule is COCCOC(=O)CCCCC(=O)OCCOC(=O)c1cc2c(cc1C(=O)OC(O)CCCCC(O)OC)C(=O)N(c1ccc(Cc3ccc(N4C(=O)c5cc(C(=O)OC)c(C(=O)OC(O)CCCCC(O)OC)cc5C4=O)c(Cl)c3)cc1Cl)C2=O. The van der Waals surface area contributed by atoms with Gasteiger partial charge in [-0.05, 0) is 117 Å². The Labute approximate surface area is 502 Å². The lowest BCUT2D eigenvalue weighted by atomic mass is 9.99. The molecule has 0 fully saturated rings. The number of nitrogens with zero attached hydrogens (tertiary/aromatic N) is 2. The van der Waals surface area contributed by atoms with Crippen LogP contribution in [0.4, 0.5) is 11.4 Å². The lowest BCUT2D eigenvalue weighted by Gasteiger charge is -2.17. The molecule has 6 rings (SSSR count). The zero-order valence-electron chi connectivity index (χ0n) is 47.3. The van der Waals surface area contributed by atoms with E-state index in [1.54, 1.807) is 12.1 Å². The van der Waals surface area contributed by atoms with Crippen LogP contribution in [-0.2, 0) is 58.6 Å². The summed E-state index contributed by atoms with van der Waals surface area (Å²) in [7, 11) is 5.15. The number of carbonyl (C=O) groups is 10. The summed E-state index contributed by atoms with van der Waals surface area (Å²) >= 11 is 13.5. The first kappa shape index (κ1) is 67.4. The number of hydrogen-bond acceptors (Lipinski definition) is 23. The zero-order chi connectivity index (χ0) is 62.8. The number of unbranched alkanes of at least 4 members (excludes halogenated alkanes) is 3. The minimum atomic E-state index is -1.70. The van der Waals surface area contributed by atoms with Gasteiger partial charge in [-0.15, -0.1) is 0 Å². The maximum absolute atomic E-state index is 14.1. The second-order valence-corrected chi connectivity index (χ2v) is 20.3. The number of imide groups is 2. The molecule has 25 nitrogen and oxygen atoms in total. The molecule has 462 valence electrons. The lowest BCUT2D eigenvalue weighted by molar-refractivity contribution is -0.147. The minimum absolute atomic E-state index is 0.0303. The molecule has 0 saturated heterocycles. The molecule has 4 atom stereocenters. The van der Waals surface area contributed by atoms with Crippen LogP contribution in [0.25, 0.3) is 0 Å². The van der Waals surface area contributed by atoms with E-state index in [0.29, 0.717) is 43.2 Å². The second kappa shape index (κ2) is 32.1. The Morgan fingerprint density at radius 2 is 0.791 bits per heavy atom. The van der Waals surface area contributed by atoms with Crippen LogP contribution in [0.1, 0.15) is 171 Å². The highest BCUT2D eigenvalue weighted by molar-refractivity contribution is 6.41. The molecule has 0 spiro atoms. The van der Waals surface area contributed by atoms with Crippen molar-refractivity contribution < 1.29 is 111 Å². The van der Waals surface area contributed by atoms with Crippen molar-refractivity contribution in [1.82, 2.24) is 0 Å². The highest BCUT2D eigenvalue weighted by Gasteiger charge is 2.42. The number of amides is 4. The number of rotatable bonds is 33. The summed E-state index contributed by atoms with van der Waals surface area (Å²) in [6.45, 7) is -0.577. The Hall–Kier alpha value is -7.72. The summed E-state index contributed by atoms with van der Waals surface area (Å²) in [5.74, 6) is -9.45. The number of fused-ring (bicyclic) bond motifs is 2. The van der Waals surface area contributed by atoms with E-state index in [2.05, 4.69) is 0 Å². The van der Waals surface area contributed by atoms with Crippen LogP contribution in [0.15, 0.2) is 60.7 Å². The van der Waals surface area contributed by atoms with Gasteiger partial charge < -0.3 is 63.1 Å². The molecule has 4 aromatic carbocycles. The van der Waals surface area contributed by atoms with Gasteiger partial charge in [0, 0.05) is 47.0 Å². The van der Waals surface area contributed by atoms with Crippen LogP contribution in [0.3, 0.4) is 0 Å². The fourth-order valence-electron chi connectivity index (χ4n) is 9.01. The van der Waals surface area contributed by atoms with Crippen LogP contribution >= 0.6 is 23.2 Å². The second-order valence-electron chi connectivity index (χ2n) is 19.5. The van der Waals surface area contributed by atoms with Gasteiger partial charge >= 0.3 is 35.8 Å². The Kier molecular flexibility index (Phi) is 25.2. The minimum Gasteiger partial charge on any atom is -0.465 e. The van der Waals surface area contributed by atoms with Crippen LogP contribution in [-0.4, -0.2) is 160 Å². The fourth-order valence-corrected chi connectivity index (χ4v) is 9.58. The van der Waals surface area contributed by atoms with E-state index in [4.69, 9.17) is 65.8 Å². The van der Waals surface area contributed by atoms with Gasteiger partial charge in [-0.2, -0.15) is 0 Å². The quantitative estimate of drug-likeness (QED) is 0.0131. The molecule has 2 aliphatic rings. The number of esters is 6. The summed E-state index contributed by atoms with van der Waals surface area (Å²) in [4.78, 5) is 135. The van der Waals surface area contributed by atoms with Gasteiger partial charge in [-0.3, -0.25) is 28.8 Å². The summed E-state index contributed by atoms with van der Waals surface area (Å²) in [6, 6.07) is 12.7. The monoisotopic (exact) mass is 1240 g/mol. The number of anilines is 2. The van der Waals surface area contributed by atoms with Crippen molar-refractivity contribution in [1.29, 1.82) is 0 Å². The van der Waals surface area contributed by atoms with E-state index in [1.807, 2.05) is 0 Å². The van der Waals surface area contributed by atoms with Gasteiger partial charge in [0.2, 0.25) is 12.6 Å². The van der Waals surface area contributed by atoms with Crippen molar-refractivity contribution in [3.63, 3.8) is 0 Å². The molecule has 86 heavy (non-hydrogen) atoms. The van der Waals surface area contributed by atoms with Crippen molar-refractivity contribution in [3.8, 4) is 0 Å². The third kappa shape index (κ3) is 17.5. The lowest BCUT2D eigenvalue weighted by Crippen LogP contribution is -2.29. The topological polar surface area (TPSA) is 341 Å². The molecular weight excluding hydrogens is 1180 g/mol. The van der Waals surface area contributed by atoms with E-state index in [9.17, 15) is 68.4 Å². The third-order valence-electron chi connectivity index (χ3n) is 13.5. The van der Waals surface area contributed by atoms with Crippen molar-refractivity contribution in [2.24, 2.45) is 0 Å². The maximum atomic E-state index is 14.1. The highest BCUT2D eigenvalue weighted by atomic mass is 35.5. The molecule has 27 heteroatoms. The summed E-state index contributed by atoms with van der Waals surface area (Å²) in [5.41, 5.74) is -2.26. The van der Waals surface area contributed by atoms with E-state index in [1.165, 1.54) is 45.6 Å². The zero-order valence-corrected chi connectivity index (χ0v) is 48.8. The van der Waals surface area contributed by atoms with Crippen LogP contribution < -0.4 is 9.80 Å². The first-order valence-corrected chi connectivity index (χ1v) is 27.8. The van der Waals surface area contributed by atoms with E-state index < -0.39 is 120 Å². The van der Waals surface area contributed by atoms with Crippen LogP contribution in [0.2, 0.25) is 10.0 Å². The molecule has 4 unspecified atom stereocenters. The first-order chi connectivity index (χ1) is 41.1. The first-order valence-electron chi connectivity index (χ1n) is 27.1. The Balaban J connectivity index is 1.15. The number of benzene rings is 4. The van der Waals surface area contributed by atoms with Gasteiger partial charge in [0.05, 0.1) is 79.6 Å². The van der Waals surface area contributed by atoms with Gasteiger partial charge in [-0.25, -0.2) is 29.0 Å². The van der Waals surface area contributed by atoms with Crippen molar-refractivity contribution in [2.75, 3.05) is 64.7 Å². The number of methoxy groups -OCH3 is 4. The average Bonchev–Trinajstić information content (AvgIpc) is 2.67. The summed E-state index contributed by atoms with van der Waals surface area (Å²) < 4.78 is 45.1. The molecule has 0 saturated carbocycles. The highest BCUT2D eigenvalue weighted by Crippen LogP contribution is 2.39. The van der Waals surface area contributed by atoms with Crippen molar-refractivity contribution in [2.45, 2.75) is 109 Å². The predicted octanol–water partition coefficient (Wildman–Crippen LogP) is 6.42. The molecule has 4 N–H and O–H groups in total. The summed E-state index contributed by atoms with van der Waals surface area (Å²) in [6.07, 6.45) is -2.83. The molecule has 0 bridgehead atoms. The van der Waals surface area contributed by atoms with Gasteiger partial charge in [-0.1, -0.05) is 35.3 Å². The number of carbonyl (C=O) groups excluding carboxylic acids is 10. The molecule has 2 heterocycles. The number of hydrogen-bond donors (Lipinski definition) is 4. The van der Waals surface area contributed by atoms with Gasteiger partial charge in [0.25, 0.3) is 23.6 Å². The fraction of sp³-hybridized carbons (Fsp3) is 0.424. The largest absolute Gasteiger partial charge is 0.465 e. The Morgan fingerprint density at radius 1 is 0.442 bits per heavy atom. The molecule has 4 aromatic rings. The standard InChI is InChI=1S/C59H64Cl2N2O23/c1-78-21-22-82-48(66)13-7-8-14-49(67)83-23-24-84-57(75)39-29-35-37(31-41(39)59(77)86-51(69)16-10-6-12-47(65)80-3)55(73)63(53(35)71)45-20-18-33(27-43(45)61)25-32-17-19-44(42(60)26-32)62-52(70)34-28-38(56(74)81-4)40(30-36(34)54(62)72)58(76)85-50(68)15-9-5-11-46(64)79-2/h17-20,26-31,46-47,50-51,64-65,68-69H,5-16,21-25H2,1-4H3. The van der Waals surface area contributed by atoms with Gasteiger partial charge in [0.1, 0.15) is 19.8 Å². The number of aliphatic hydroxyl groups is 4. The van der Waals surface area contributed by atoms with Crippen LogP contribution in [0.5, 0.6) is 0 Å². The number of ether oxygens (including phenoxy) is 9. The molecule has 0 aromatic heterocycles. The number of halogens is 2. The van der Waals surface area contributed by atoms with E-state index in [0.717, 1.165) is 41.2 Å². The molecular formula is C59H64Cl2N2O23. The Bertz CT molecular complexity index is 3200. The average molecular weight is 1240 g/mol. The van der Waals surface area contributed by atoms with Crippen molar-refractivity contribution >= 4 is 94.0 Å². The maximum Gasteiger partial charge on any atom is 0.341 e. The van der Waals surface area contributed by atoms with Gasteiger partial charge in [0.15, 0.2) is 12.6 Å². The normalized spacial score (nSPS) is 14.1. The van der Waals surface area contributed by atoms with E-state index >= 15 is 0 Å². The van der Waals surface area contributed by atoms with E-state index in [-0.39, 0.29) is 108 Å². The molecule has 4 amide bonds. The van der Waals surface area contributed by atoms with Crippen LogP contribution in [0, 0.1) is 0 Å². The summed E-state index contributed by atoms with van der Waals surface area (Å²) in [5, 5.41) is 40.1. The Morgan fingerprint density at radius 3 is 1.15 bits per heavy atom. The third-order valence-corrected chi connectivity index (χ3v) is 14.1. The molecule has 2 aliphatic heterocycles. The number of aliphatic hydroxyl groups excluding tert-OH is 4.